The van der Waals surface area contributed by atoms with Crippen LogP contribution in [0.1, 0.15) is 37.4 Å². The van der Waals surface area contributed by atoms with Gasteiger partial charge in [-0.3, -0.25) is 0 Å². The maximum Gasteiger partial charge on any atom is 0.192 e. The van der Waals surface area contributed by atoms with Gasteiger partial charge in [-0.1, -0.05) is 48.0 Å². The van der Waals surface area contributed by atoms with Gasteiger partial charge in [-0.15, -0.1) is 0 Å². The number of nitrogens with zero attached hydrogens (tertiary/aromatic N) is 2. The molecule has 0 saturated carbocycles. The molecular weight excluding hydrogens is 344 g/mol. The molecular formula is C22H19ClN2O. The average Bonchev–Trinajstić information content (AvgIpc) is 3.09. The molecule has 0 aromatic heterocycles. The Labute approximate surface area is 157 Å². The van der Waals surface area contributed by atoms with Crippen LogP contribution in [-0.4, -0.2) is 16.4 Å². The van der Waals surface area contributed by atoms with E-state index in [0.29, 0.717) is 0 Å². The number of benzene rings is 3. The van der Waals surface area contributed by atoms with E-state index in [9.17, 15) is 0 Å². The summed E-state index contributed by atoms with van der Waals surface area (Å²) in [4.78, 5) is 0. The van der Waals surface area contributed by atoms with Crippen molar-refractivity contribution in [3.05, 3.63) is 76.8 Å². The average molecular weight is 363 g/mol. The molecule has 3 aromatic rings. The van der Waals surface area contributed by atoms with Crippen LogP contribution >= 0.6 is 11.6 Å². The number of halogens is 1. The van der Waals surface area contributed by atoms with Crippen molar-refractivity contribution < 1.29 is 4.74 Å². The van der Waals surface area contributed by atoms with Crippen LogP contribution in [0.5, 0.6) is 5.75 Å². The van der Waals surface area contributed by atoms with E-state index in [1.165, 1.54) is 10.8 Å². The van der Waals surface area contributed by atoms with Gasteiger partial charge < -0.3 is 4.74 Å². The van der Waals surface area contributed by atoms with Crippen molar-refractivity contribution in [3.63, 3.8) is 0 Å². The fourth-order valence-electron chi connectivity index (χ4n) is 3.98. The summed E-state index contributed by atoms with van der Waals surface area (Å²) in [5.74, 6) is 0.899. The Morgan fingerprint density at radius 2 is 1.85 bits per heavy atom. The molecule has 0 amide bonds. The second-order valence-electron chi connectivity index (χ2n) is 7.40. The van der Waals surface area contributed by atoms with E-state index in [2.05, 4.69) is 61.3 Å². The Balaban J connectivity index is 1.59. The topological polar surface area (TPSA) is 24.8 Å². The maximum absolute atomic E-state index is 6.25. The fraction of sp³-hybridized carbons (Fsp3) is 0.227. The maximum atomic E-state index is 6.25. The van der Waals surface area contributed by atoms with Gasteiger partial charge in [0.1, 0.15) is 5.75 Å². The summed E-state index contributed by atoms with van der Waals surface area (Å²) in [6.45, 7) is 4.12. The predicted octanol–water partition coefficient (Wildman–Crippen LogP) is 5.77. The van der Waals surface area contributed by atoms with Gasteiger partial charge >= 0.3 is 0 Å². The molecule has 3 nitrogen and oxygen atoms in total. The van der Waals surface area contributed by atoms with Gasteiger partial charge in [0.2, 0.25) is 0 Å². The summed E-state index contributed by atoms with van der Waals surface area (Å²) in [5, 5.41) is 10.2. The monoisotopic (exact) mass is 362 g/mol. The van der Waals surface area contributed by atoms with Crippen molar-refractivity contribution in [2.24, 2.45) is 5.10 Å². The molecule has 0 aliphatic carbocycles. The highest BCUT2D eigenvalue weighted by Crippen LogP contribution is 2.47. The van der Waals surface area contributed by atoms with E-state index in [1.54, 1.807) is 0 Å². The third kappa shape index (κ3) is 2.38. The van der Waals surface area contributed by atoms with Crippen molar-refractivity contribution in [3.8, 4) is 5.75 Å². The molecule has 2 heterocycles. The zero-order valence-corrected chi connectivity index (χ0v) is 15.5. The van der Waals surface area contributed by atoms with Crippen molar-refractivity contribution in [2.75, 3.05) is 0 Å². The lowest BCUT2D eigenvalue weighted by atomic mass is 9.94. The van der Waals surface area contributed by atoms with Crippen LogP contribution in [0.3, 0.4) is 0 Å². The molecule has 0 radical (unpaired) electrons. The first kappa shape index (κ1) is 15.7. The highest BCUT2D eigenvalue weighted by atomic mass is 35.5. The van der Waals surface area contributed by atoms with Gasteiger partial charge in [0.15, 0.2) is 5.72 Å². The van der Waals surface area contributed by atoms with E-state index < -0.39 is 5.72 Å². The lowest BCUT2D eigenvalue weighted by molar-refractivity contribution is -0.0911. The molecule has 0 saturated heterocycles. The summed E-state index contributed by atoms with van der Waals surface area (Å²) >= 11 is 6.25. The van der Waals surface area contributed by atoms with Gasteiger partial charge in [0.25, 0.3) is 0 Å². The lowest BCUT2D eigenvalue weighted by Crippen LogP contribution is -2.48. The van der Waals surface area contributed by atoms with Crippen molar-refractivity contribution in [1.82, 2.24) is 5.01 Å². The number of rotatable bonds is 1. The smallest absolute Gasteiger partial charge is 0.192 e. The number of hydrazone groups is 1. The highest BCUT2D eigenvalue weighted by molar-refractivity contribution is 6.30. The first-order chi connectivity index (χ1) is 12.5. The minimum absolute atomic E-state index is 0.147. The molecule has 0 N–H and O–H groups in total. The Morgan fingerprint density at radius 3 is 2.69 bits per heavy atom. The molecule has 3 aromatic carbocycles. The molecule has 130 valence electrons. The second kappa shape index (κ2) is 5.49. The van der Waals surface area contributed by atoms with Crippen LogP contribution in [0.2, 0.25) is 5.02 Å². The third-order valence-corrected chi connectivity index (χ3v) is 5.47. The number of ether oxygens (including phenoxy) is 1. The van der Waals surface area contributed by atoms with E-state index in [-0.39, 0.29) is 6.04 Å². The second-order valence-corrected chi connectivity index (χ2v) is 7.84. The quantitative estimate of drug-likeness (QED) is 0.548. The van der Waals surface area contributed by atoms with Gasteiger partial charge in [-0.05, 0) is 54.4 Å². The lowest BCUT2D eigenvalue weighted by Gasteiger charge is -2.43. The molecule has 1 atom stereocenters. The van der Waals surface area contributed by atoms with Gasteiger partial charge in [0, 0.05) is 17.0 Å². The largest absolute Gasteiger partial charge is 0.467 e. The van der Waals surface area contributed by atoms with E-state index >= 15 is 0 Å². The Bertz CT molecular complexity index is 1060. The standard InChI is InChI=1S/C22H19ClN2O/c1-22(2)25-20(18-12-17(23)9-10-21(18)26-22)13-19(24-25)16-8-7-14-5-3-4-6-15(14)11-16/h3-12,20H,13H2,1-2H3/t20-/m0/s1. The van der Waals surface area contributed by atoms with E-state index in [0.717, 1.165) is 34.0 Å². The van der Waals surface area contributed by atoms with Crippen LogP contribution in [-0.2, 0) is 0 Å². The molecule has 0 bridgehead atoms. The molecule has 0 unspecified atom stereocenters. The molecule has 2 aliphatic heterocycles. The summed E-state index contributed by atoms with van der Waals surface area (Å²) in [6, 6.07) is 20.9. The van der Waals surface area contributed by atoms with Crippen molar-refractivity contribution in [2.45, 2.75) is 32.0 Å². The SMILES string of the molecule is CC1(C)Oc2ccc(Cl)cc2[C@@H]2CC(c3ccc4ccccc4c3)=NN21. The minimum Gasteiger partial charge on any atom is -0.467 e. The first-order valence-electron chi connectivity index (χ1n) is 8.86. The molecule has 0 spiro atoms. The number of hydrogen-bond acceptors (Lipinski definition) is 3. The zero-order chi connectivity index (χ0) is 17.9. The first-order valence-corrected chi connectivity index (χ1v) is 9.23. The molecule has 4 heteroatoms. The van der Waals surface area contributed by atoms with Crippen molar-refractivity contribution >= 4 is 28.1 Å². The normalized spacial score (nSPS) is 20.3. The van der Waals surface area contributed by atoms with Crippen LogP contribution in [0.15, 0.2) is 65.8 Å². The summed E-state index contributed by atoms with van der Waals surface area (Å²) < 4.78 is 6.20. The molecule has 26 heavy (non-hydrogen) atoms. The van der Waals surface area contributed by atoms with Crippen LogP contribution in [0.4, 0.5) is 0 Å². The highest BCUT2D eigenvalue weighted by Gasteiger charge is 2.44. The number of fused-ring (bicyclic) bond motifs is 4. The molecule has 5 rings (SSSR count). The Kier molecular flexibility index (Phi) is 3.32. The summed E-state index contributed by atoms with van der Waals surface area (Å²) in [6.07, 6.45) is 0.846. The number of hydrogen-bond donors (Lipinski definition) is 0. The third-order valence-electron chi connectivity index (χ3n) is 5.24. The van der Waals surface area contributed by atoms with Gasteiger partial charge in [-0.25, -0.2) is 5.01 Å². The Hall–Kier alpha value is -2.52. The van der Waals surface area contributed by atoms with Crippen LogP contribution in [0, 0.1) is 0 Å². The van der Waals surface area contributed by atoms with Gasteiger partial charge in [-0.2, -0.15) is 5.10 Å². The molecule has 0 fully saturated rings. The van der Waals surface area contributed by atoms with E-state index in [1.807, 2.05) is 18.2 Å². The van der Waals surface area contributed by atoms with Crippen LogP contribution in [0.25, 0.3) is 10.8 Å². The van der Waals surface area contributed by atoms with Crippen LogP contribution < -0.4 is 4.74 Å². The predicted molar refractivity (Wildman–Crippen MR) is 106 cm³/mol. The molecule has 2 aliphatic rings. The van der Waals surface area contributed by atoms with Crippen molar-refractivity contribution in [1.29, 1.82) is 0 Å². The fourth-order valence-corrected chi connectivity index (χ4v) is 4.16. The Morgan fingerprint density at radius 1 is 1.04 bits per heavy atom. The zero-order valence-electron chi connectivity index (χ0n) is 14.7. The summed E-state index contributed by atoms with van der Waals surface area (Å²) in [5.41, 5.74) is 2.86. The minimum atomic E-state index is -0.496. The van der Waals surface area contributed by atoms with Gasteiger partial charge in [0.05, 0.1) is 11.8 Å². The summed E-state index contributed by atoms with van der Waals surface area (Å²) in [7, 11) is 0. The van der Waals surface area contributed by atoms with E-state index in [4.69, 9.17) is 21.4 Å².